The zero-order chi connectivity index (χ0) is 14.3. The van der Waals surface area contributed by atoms with E-state index in [4.69, 9.17) is 0 Å². The third-order valence-electron chi connectivity index (χ3n) is 3.41. The summed E-state index contributed by atoms with van der Waals surface area (Å²) in [5, 5.41) is 12.9. The zero-order valence-electron chi connectivity index (χ0n) is 12.1. The Kier molecular flexibility index (Phi) is 7.10. The Morgan fingerprint density at radius 1 is 1.21 bits per heavy atom. The van der Waals surface area contributed by atoms with E-state index in [-0.39, 0.29) is 5.25 Å². The maximum atomic E-state index is 11.2. The maximum absolute atomic E-state index is 11.2. The Labute approximate surface area is 118 Å². The van der Waals surface area contributed by atoms with Gasteiger partial charge in [0, 0.05) is 28.3 Å². The van der Waals surface area contributed by atoms with E-state index in [1.807, 2.05) is 19.1 Å². The number of phenolic OH excluding ortho intramolecular Hbond substituents is 1. The van der Waals surface area contributed by atoms with Crippen LogP contribution in [0.5, 0.6) is 5.75 Å². The Morgan fingerprint density at radius 3 is 2.42 bits per heavy atom. The van der Waals surface area contributed by atoms with Crippen molar-refractivity contribution in [3.63, 3.8) is 0 Å². The fraction of sp³-hybridized carbons (Fsp3) is 0.600. The van der Waals surface area contributed by atoms with Gasteiger partial charge < -0.3 is 10.4 Å². The van der Waals surface area contributed by atoms with Crippen molar-refractivity contribution in [1.82, 2.24) is 5.32 Å². The van der Waals surface area contributed by atoms with Crippen molar-refractivity contribution in [2.45, 2.75) is 44.4 Å². The second-order valence-electron chi connectivity index (χ2n) is 5.16. The first kappa shape index (κ1) is 16.2. The Morgan fingerprint density at radius 2 is 1.84 bits per heavy atom. The fourth-order valence-corrected chi connectivity index (χ4v) is 2.30. The largest absolute Gasteiger partial charge is 0.508 e. The molecule has 108 valence electrons. The van der Waals surface area contributed by atoms with Crippen LogP contribution in [0.3, 0.4) is 0 Å². The molecule has 1 rings (SSSR count). The molecule has 3 atom stereocenters. The van der Waals surface area contributed by atoms with Crippen LogP contribution in [0, 0.1) is 0 Å². The number of phenols is 1. The van der Waals surface area contributed by atoms with Crippen molar-refractivity contribution in [1.29, 1.82) is 0 Å². The van der Waals surface area contributed by atoms with Gasteiger partial charge >= 0.3 is 0 Å². The van der Waals surface area contributed by atoms with Crippen molar-refractivity contribution >= 4 is 10.8 Å². The van der Waals surface area contributed by atoms with E-state index in [2.05, 4.69) is 12.2 Å². The van der Waals surface area contributed by atoms with Crippen LogP contribution in [0.15, 0.2) is 24.3 Å². The van der Waals surface area contributed by atoms with Gasteiger partial charge in [0.15, 0.2) is 0 Å². The molecular formula is C15H25NO2S. The van der Waals surface area contributed by atoms with Crippen LogP contribution in [-0.2, 0) is 17.2 Å². The number of nitrogens with one attached hydrogen (secondary N) is 1. The monoisotopic (exact) mass is 283 g/mol. The molecule has 0 fully saturated rings. The molecule has 0 aliphatic rings. The second kappa shape index (κ2) is 8.33. The summed E-state index contributed by atoms with van der Waals surface area (Å²) in [6, 6.07) is 7.83. The minimum Gasteiger partial charge on any atom is -0.508 e. The smallest absolute Gasteiger partial charge is 0.115 e. The average molecular weight is 283 g/mol. The van der Waals surface area contributed by atoms with Gasteiger partial charge in [-0.05, 0) is 50.4 Å². The second-order valence-corrected chi connectivity index (χ2v) is 6.96. The summed E-state index contributed by atoms with van der Waals surface area (Å²) in [5.74, 6) is 0.316. The highest BCUT2D eigenvalue weighted by atomic mass is 32.2. The maximum Gasteiger partial charge on any atom is 0.115 e. The van der Waals surface area contributed by atoms with E-state index < -0.39 is 10.8 Å². The van der Waals surface area contributed by atoms with Gasteiger partial charge in [-0.3, -0.25) is 4.21 Å². The predicted octanol–water partition coefficient (Wildman–Crippen LogP) is 2.46. The molecule has 3 unspecified atom stereocenters. The van der Waals surface area contributed by atoms with Crippen molar-refractivity contribution in [3.05, 3.63) is 29.8 Å². The summed E-state index contributed by atoms with van der Waals surface area (Å²) in [6.07, 6.45) is 4.78. The highest BCUT2D eigenvalue weighted by molar-refractivity contribution is 7.84. The standard InChI is InChI=1S/C15H25NO2S/c1-12(16-11-10-13(2)19(3)18)4-5-14-6-8-15(17)9-7-14/h6-9,12-13,16-17H,4-5,10-11H2,1-3H3. The number of benzene rings is 1. The van der Waals surface area contributed by atoms with Gasteiger partial charge in [-0.1, -0.05) is 19.1 Å². The van der Waals surface area contributed by atoms with Gasteiger partial charge in [0.2, 0.25) is 0 Å². The van der Waals surface area contributed by atoms with Gasteiger partial charge in [-0.25, -0.2) is 0 Å². The molecule has 19 heavy (non-hydrogen) atoms. The summed E-state index contributed by atoms with van der Waals surface area (Å²) in [7, 11) is -0.724. The van der Waals surface area contributed by atoms with Gasteiger partial charge in [-0.15, -0.1) is 0 Å². The first-order valence-electron chi connectivity index (χ1n) is 6.82. The van der Waals surface area contributed by atoms with E-state index in [1.165, 1.54) is 5.56 Å². The molecule has 0 aliphatic carbocycles. The average Bonchev–Trinajstić information content (AvgIpc) is 2.37. The molecule has 2 N–H and O–H groups in total. The molecular weight excluding hydrogens is 258 g/mol. The van der Waals surface area contributed by atoms with Crippen LogP contribution < -0.4 is 5.32 Å². The highest BCUT2D eigenvalue weighted by Gasteiger charge is 2.07. The van der Waals surface area contributed by atoms with Crippen LogP contribution in [0.1, 0.15) is 32.3 Å². The van der Waals surface area contributed by atoms with Crippen LogP contribution in [0.25, 0.3) is 0 Å². The molecule has 0 aromatic heterocycles. The number of aryl methyl sites for hydroxylation is 1. The normalized spacial score (nSPS) is 15.9. The number of rotatable bonds is 8. The van der Waals surface area contributed by atoms with Gasteiger partial charge in [0.25, 0.3) is 0 Å². The van der Waals surface area contributed by atoms with Crippen LogP contribution >= 0.6 is 0 Å². The summed E-state index contributed by atoms with van der Waals surface area (Å²) in [5.41, 5.74) is 1.24. The van der Waals surface area contributed by atoms with Crippen LogP contribution in [-0.4, -0.2) is 33.4 Å². The number of hydrogen-bond acceptors (Lipinski definition) is 3. The lowest BCUT2D eigenvalue weighted by atomic mass is 10.1. The Bertz CT molecular complexity index is 392. The van der Waals surface area contributed by atoms with E-state index in [1.54, 1.807) is 18.4 Å². The lowest BCUT2D eigenvalue weighted by Gasteiger charge is -2.15. The van der Waals surface area contributed by atoms with E-state index in [9.17, 15) is 9.32 Å². The minimum absolute atomic E-state index is 0.261. The zero-order valence-corrected chi connectivity index (χ0v) is 12.9. The molecule has 0 bridgehead atoms. The number of hydrogen-bond donors (Lipinski definition) is 2. The van der Waals surface area contributed by atoms with Crippen LogP contribution in [0.4, 0.5) is 0 Å². The molecule has 0 amide bonds. The van der Waals surface area contributed by atoms with Crippen molar-refractivity contribution in [2.24, 2.45) is 0 Å². The third-order valence-corrected chi connectivity index (χ3v) is 4.78. The van der Waals surface area contributed by atoms with E-state index in [0.29, 0.717) is 11.8 Å². The van der Waals surface area contributed by atoms with Crippen molar-refractivity contribution in [2.75, 3.05) is 12.8 Å². The molecule has 0 saturated heterocycles. The molecule has 1 aromatic rings. The van der Waals surface area contributed by atoms with Crippen molar-refractivity contribution < 1.29 is 9.32 Å². The molecule has 0 saturated carbocycles. The molecule has 0 spiro atoms. The fourth-order valence-electron chi connectivity index (χ4n) is 1.85. The molecule has 3 nitrogen and oxygen atoms in total. The molecule has 0 radical (unpaired) electrons. The SMILES string of the molecule is CC(CCc1ccc(O)cc1)NCCC(C)S(C)=O. The molecule has 0 aliphatic heterocycles. The van der Waals surface area contributed by atoms with Crippen molar-refractivity contribution in [3.8, 4) is 5.75 Å². The summed E-state index contributed by atoms with van der Waals surface area (Å²) >= 11 is 0. The summed E-state index contributed by atoms with van der Waals surface area (Å²) in [6.45, 7) is 5.12. The molecule has 1 aromatic carbocycles. The summed E-state index contributed by atoms with van der Waals surface area (Å²) in [4.78, 5) is 0. The van der Waals surface area contributed by atoms with Gasteiger partial charge in [0.1, 0.15) is 5.75 Å². The van der Waals surface area contributed by atoms with Gasteiger partial charge in [-0.2, -0.15) is 0 Å². The number of aromatic hydroxyl groups is 1. The first-order valence-corrected chi connectivity index (χ1v) is 8.44. The molecule has 4 heteroatoms. The quantitative estimate of drug-likeness (QED) is 0.770. The van der Waals surface area contributed by atoms with E-state index >= 15 is 0 Å². The third kappa shape index (κ3) is 6.73. The summed E-state index contributed by atoms with van der Waals surface area (Å²) < 4.78 is 11.2. The first-order chi connectivity index (χ1) is 8.99. The van der Waals surface area contributed by atoms with Gasteiger partial charge in [0.05, 0.1) is 0 Å². The highest BCUT2D eigenvalue weighted by Crippen LogP contribution is 2.12. The topological polar surface area (TPSA) is 49.3 Å². The lowest BCUT2D eigenvalue weighted by Crippen LogP contribution is -2.29. The van der Waals surface area contributed by atoms with E-state index in [0.717, 1.165) is 25.8 Å². The molecule has 0 heterocycles. The Hall–Kier alpha value is -0.870. The lowest BCUT2D eigenvalue weighted by molar-refractivity contribution is 0.474. The Balaban J connectivity index is 2.19. The predicted molar refractivity (Wildman–Crippen MR) is 82.0 cm³/mol. The minimum atomic E-state index is -0.724. The van der Waals surface area contributed by atoms with Crippen LogP contribution in [0.2, 0.25) is 0 Å².